The van der Waals surface area contributed by atoms with E-state index in [9.17, 15) is 19.7 Å². The quantitative estimate of drug-likeness (QED) is 0.635. The molecule has 0 bridgehead atoms. The summed E-state index contributed by atoms with van der Waals surface area (Å²) in [7, 11) is 0. The van der Waals surface area contributed by atoms with Crippen LogP contribution in [0.1, 0.15) is 13.3 Å². The summed E-state index contributed by atoms with van der Waals surface area (Å²) in [6.45, 7) is 2.29. The van der Waals surface area contributed by atoms with E-state index >= 15 is 0 Å². The first-order valence-corrected chi connectivity index (χ1v) is 6.68. The van der Waals surface area contributed by atoms with Crippen molar-refractivity contribution in [2.45, 2.75) is 19.9 Å². The number of fused-ring (bicyclic) bond motifs is 1. The highest BCUT2D eigenvalue weighted by Crippen LogP contribution is 2.19. The number of imidazole rings is 1. The second kappa shape index (κ2) is 6.66. The van der Waals surface area contributed by atoms with Crippen molar-refractivity contribution in [1.82, 2.24) is 20.2 Å². The molecule has 2 aromatic rings. The van der Waals surface area contributed by atoms with Gasteiger partial charge in [0.2, 0.25) is 5.91 Å². The van der Waals surface area contributed by atoms with Crippen LogP contribution in [0.3, 0.4) is 0 Å². The minimum atomic E-state index is -0.567. The minimum absolute atomic E-state index is 0.0199. The molecule has 1 aromatic heterocycles. The van der Waals surface area contributed by atoms with Crippen molar-refractivity contribution in [3.8, 4) is 0 Å². The van der Waals surface area contributed by atoms with Crippen molar-refractivity contribution in [1.29, 1.82) is 0 Å². The molecule has 116 valence electrons. The van der Waals surface area contributed by atoms with Gasteiger partial charge in [-0.1, -0.05) is 6.92 Å². The Balaban J connectivity index is 2.00. The van der Waals surface area contributed by atoms with Gasteiger partial charge in [-0.15, -0.1) is 0 Å². The van der Waals surface area contributed by atoms with Gasteiger partial charge < -0.3 is 9.88 Å². The van der Waals surface area contributed by atoms with E-state index in [0.29, 0.717) is 17.6 Å². The molecule has 3 amide bonds. The van der Waals surface area contributed by atoms with Crippen LogP contribution in [0, 0.1) is 10.1 Å². The summed E-state index contributed by atoms with van der Waals surface area (Å²) in [4.78, 5) is 36.9. The predicted octanol–water partition coefficient (Wildman–Crippen LogP) is 1.18. The lowest BCUT2D eigenvalue weighted by Gasteiger charge is -2.07. The molecule has 0 saturated heterocycles. The number of nitro benzene ring substituents is 1. The van der Waals surface area contributed by atoms with Gasteiger partial charge >= 0.3 is 6.03 Å². The van der Waals surface area contributed by atoms with Crippen molar-refractivity contribution in [2.24, 2.45) is 0 Å². The zero-order valence-corrected chi connectivity index (χ0v) is 11.9. The number of imide groups is 1. The van der Waals surface area contributed by atoms with Crippen LogP contribution >= 0.6 is 0 Å². The number of amides is 3. The minimum Gasteiger partial charge on any atom is -0.336 e. The van der Waals surface area contributed by atoms with Gasteiger partial charge in [-0.3, -0.25) is 20.2 Å². The molecule has 2 rings (SSSR count). The molecule has 1 aromatic carbocycles. The van der Waals surface area contributed by atoms with E-state index in [4.69, 9.17) is 0 Å². The highest BCUT2D eigenvalue weighted by atomic mass is 16.6. The summed E-state index contributed by atoms with van der Waals surface area (Å²) >= 11 is 0. The van der Waals surface area contributed by atoms with E-state index < -0.39 is 11.0 Å². The molecule has 22 heavy (non-hydrogen) atoms. The number of urea groups is 1. The van der Waals surface area contributed by atoms with Crippen LogP contribution in [-0.4, -0.2) is 33.0 Å². The van der Waals surface area contributed by atoms with E-state index in [2.05, 4.69) is 15.6 Å². The van der Waals surface area contributed by atoms with Gasteiger partial charge in [0, 0.05) is 31.6 Å². The number of benzene rings is 1. The lowest BCUT2D eigenvalue weighted by Crippen LogP contribution is -2.40. The molecule has 0 atom stereocenters. The summed E-state index contributed by atoms with van der Waals surface area (Å²) in [5.74, 6) is -0.360. The molecule has 0 aliphatic rings. The number of nitrogens with one attached hydrogen (secondary N) is 2. The van der Waals surface area contributed by atoms with E-state index in [1.165, 1.54) is 12.1 Å². The van der Waals surface area contributed by atoms with Gasteiger partial charge in [-0.2, -0.15) is 0 Å². The molecule has 0 fully saturated rings. The number of nitro groups is 1. The van der Waals surface area contributed by atoms with Gasteiger partial charge in [0.1, 0.15) is 0 Å². The standard InChI is InChI=1S/C13H15N5O4/c1-2-12(19)16-13(20)14-5-6-17-8-15-10-4-3-9(18(21)22)7-11(10)17/h3-4,7-8H,2,5-6H2,1H3,(H2,14,16,19,20). The Morgan fingerprint density at radius 3 is 2.86 bits per heavy atom. The summed E-state index contributed by atoms with van der Waals surface area (Å²) in [5, 5.41) is 15.5. The fourth-order valence-corrected chi connectivity index (χ4v) is 1.89. The molecule has 0 saturated carbocycles. The Morgan fingerprint density at radius 1 is 1.41 bits per heavy atom. The second-order valence-electron chi connectivity index (χ2n) is 4.53. The largest absolute Gasteiger partial charge is 0.336 e. The molecule has 0 radical (unpaired) electrons. The maximum Gasteiger partial charge on any atom is 0.321 e. The van der Waals surface area contributed by atoms with Gasteiger partial charge in [0.15, 0.2) is 0 Å². The normalized spacial score (nSPS) is 10.4. The first-order valence-electron chi connectivity index (χ1n) is 6.68. The van der Waals surface area contributed by atoms with Crippen LogP contribution in [0.25, 0.3) is 11.0 Å². The van der Waals surface area contributed by atoms with E-state index in [0.717, 1.165) is 0 Å². The molecule has 9 nitrogen and oxygen atoms in total. The topological polar surface area (TPSA) is 119 Å². The van der Waals surface area contributed by atoms with Crippen LogP contribution in [0.2, 0.25) is 0 Å². The summed E-state index contributed by atoms with van der Waals surface area (Å²) < 4.78 is 1.70. The number of aromatic nitrogens is 2. The molecule has 9 heteroatoms. The highest BCUT2D eigenvalue weighted by molar-refractivity contribution is 5.94. The van der Waals surface area contributed by atoms with Gasteiger partial charge in [-0.25, -0.2) is 9.78 Å². The van der Waals surface area contributed by atoms with Crippen molar-refractivity contribution in [3.05, 3.63) is 34.6 Å². The molecule has 0 aliphatic carbocycles. The Hall–Kier alpha value is -2.97. The third-order valence-corrected chi connectivity index (χ3v) is 3.03. The van der Waals surface area contributed by atoms with Gasteiger partial charge in [0.25, 0.3) is 5.69 Å². The molecule has 0 spiro atoms. The number of carbonyl (C=O) groups is 2. The zero-order valence-electron chi connectivity index (χ0n) is 11.9. The average Bonchev–Trinajstić information content (AvgIpc) is 2.89. The number of non-ortho nitro benzene ring substituents is 1. The van der Waals surface area contributed by atoms with Crippen molar-refractivity contribution in [2.75, 3.05) is 6.54 Å². The van der Waals surface area contributed by atoms with E-state index in [1.54, 1.807) is 23.9 Å². The lowest BCUT2D eigenvalue weighted by atomic mass is 10.3. The van der Waals surface area contributed by atoms with Crippen molar-refractivity contribution >= 4 is 28.7 Å². The van der Waals surface area contributed by atoms with Gasteiger partial charge in [0.05, 0.1) is 22.3 Å². The van der Waals surface area contributed by atoms with Crippen molar-refractivity contribution in [3.63, 3.8) is 0 Å². The Labute approximate surface area is 125 Å². The first-order chi connectivity index (χ1) is 10.5. The van der Waals surface area contributed by atoms with Crippen LogP contribution in [0.15, 0.2) is 24.5 Å². The number of nitrogens with zero attached hydrogens (tertiary/aromatic N) is 3. The maximum atomic E-state index is 11.4. The number of carbonyl (C=O) groups excluding carboxylic acids is 2. The number of hydrogen-bond acceptors (Lipinski definition) is 5. The third-order valence-electron chi connectivity index (χ3n) is 3.03. The predicted molar refractivity (Wildman–Crippen MR) is 78.2 cm³/mol. The van der Waals surface area contributed by atoms with Crippen LogP contribution in [0.5, 0.6) is 0 Å². The van der Waals surface area contributed by atoms with E-state index in [-0.39, 0.29) is 24.6 Å². The lowest BCUT2D eigenvalue weighted by molar-refractivity contribution is -0.384. The average molecular weight is 305 g/mol. The highest BCUT2D eigenvalue weighted by Gasteiger charge is 2.10. The molecule has 1 heterocycles. The molecule has 0 aliphatic heterocycles. The Kier molecular flexibility index (Phi) is 4.66. The summed E-state index contributed by atoms with van der Waals surface area (Å²) in [5.41, 5.74) is 1.23. The number of hydrogen-bond donors (Lipinski definition) is 2. The van der Waals surface area contributed by atoms with Crippen LogP contribution in [0.4, 0.5) is 10.5 Å². The molecular formula is C13H15N5O4. The fraction of sp³-hybridized carbons (Fsp3) is 0.308. The SMILES string of the molecule is CCC(=O)NC(=O)NCCn1cnc2ccc([N+](=O)[O-])cc21. The third kappa shape index (κ3) is 3.57. The maximum absolute atomic E-state index is 11.4. The smallest absolute Gasteiger partial charge is 0.321 e. The van der Waals surface area contributed by atoms with Crippen LogP contribution < -0.4 is 10.6 Å². The van der Waals surface area contributed by atoms with E-state index in [1.807, 2.05) is 0 Å². The Morgan fingerprint density at radius 2 is 2.18 bits per heavy atom. The van der Waals surface area contributed by atoms with Crippen LogP contribution in [-0.2, 0) is 11.3 Å². The summed E-state index contributed by atoms with van der Waals surface area (Å²) in [6.07, 6.45) is 1.77. The summed E-state index contributed by atoms with van der Waals surface area (Å²) in [6, 6.07) is 3.83. The molecule has 2 N–H and O–H groups in total. The second-order valence-corrected chi connectivity index (χ2v) is 4.53. The molecular weight excluding hydrogens is 290 g/mol. The number of rotatable bonds is 5. The Bertz CT molecular complexity index is 724. The molecule has 0 unspecified atom stereocenters. The monoisotopic (exact) mass is 305 g/mol. The zero-order chi connectivity index (χ0) is 16.1. The van der Waals surface area contributed by atoms with Gasteiger partial charge in [-0.05, 0) is 6.07 Å². The van der Waals surface area contributed by atoms with Crippen molar-refractivity contribution < 1.29 is 14.5 Å². The first kappa shape index (κ1) is 15.4. The fourth-order valence-electron chi connectivity index (χ4n) is 1.89.